The first kappa shape index (κ1) is 35.0. The number of carbonyl (C=O) groups excluding carboxylic acids is 3. The van der Waals surface area contributed by atoms with Crippen LogP contribution in [-0.4, -0.2) is 35.6 Å². The molecule has 1 N–H and O–H groups in total. The Labute approximate surface area is 265 Å². The lowest BCUT2D eigenvalue weighted by Gasteiger charge is -2.30. The molecule has 1 heterocycles. The highest BCUT2D eigenvalue weighted by atomic mass is 35.5. The number of fused-ring (bicyclic) bond motifs is 1. The van der Waals surface area contributed by atoms with Gasteiger partial charge in [-0.1, -0.05) is 30.3 Å². The number of benzene rings is 2. The van der Waals surface area contributed by atoms with Gasteiger partial charge in [0.15, 0.2) is 12.3 Å². The lowest BCUT2D eigenvalue weighted by Crippen LogP contribution is -2.36. The van der Waals surface area contributed by atoms with Gasteiger partial charge in [-0.25, -0.2) is 0 Å². The Balaban J connectivity index is 2.16. The number of rotatable bonds is 10. The minimum absolute atomic E-state index is 0.109. The molecule has 0 bridgehead atoms. The lowest BCUT2D eigenvalue weighted by molar-refractivity contribution is -0.187. The molecule has 0 saturated carbocycles. The summed E-state index contributed by atoms with van der Waals surface area (Å²) in [6, 6.07) is 13.0. The van der Waals surface area contributed by atoms with Crippen molar-refractivity contribution in [3.05, 3.63) is 76.8 Å². The number of para-hydroxylation sites is 1. The van der Waals surface area contributed by atoms with Gasteiger partial charge in [-0.15, -0.1) is 11.3 Å². The van der Waals surface area contributed by atoms with Gasteiger partial charge in [-0.05, 0) is 88.2 Å². The molecule has 1 aromatic heterocycles. The van der Waals surface area contributed by atoms with E-state index >= 15 is 0 Å². The summed E-state index contributed by atoms with van der Waals surface area (Å²) in [6.45, 7) is 12.5. The number of amides is 1. The molecule has 0 spiro atoms. The van der Waals surface area contributed by atoms with Gasteiger partial charge >= 0.3 is 19.5 Å². The molecule has 0 saturated heterocycles. The maximum atomic E-state index is 14.3. The van der Waals surface area contributed by atoms with Crippen LogP contribution in [0.3, 0.4) is 0 Å². The first-order chi connectivity index (χ1) is 20.4. The monoisotopic (exact) mass is 660 g/mol. The zero-order valence-corrected chi connectivity index (χ0v) is 27.7. The number of thiophene rings is 1. The number of nitriles is 1. The molecule has 0 radical (unpaired) electrons. The molecule has 3 unspecified atom stereocenters. The Morgan fingerprint density at radius 2 is 1.75 bits per heavy atom. The van der Waals surface area contributed by atoms with Crippen LogP contribution in [0, 0.1) is 22.2 Å². The van der Waals surface area contributed by atoms with Crippen molar-refractivity contribution < 1.29 is 37.8 Å². The number of nitrogens with zero attached hydrogens (tertiary/aromatic N) is 2. The molecule has 234 valence electrons. The van der Waals surface area contributed by atoms with Crippen molar-refractivity contribution in [2.24, 2.45) is 10.8 Å². The van der Waals surface area contributed by atoms with Crippen LogP contribution in [-0.2, 0) is 32.9 Å². The van der Waals surface area contributed by atoms with E-state index in [0.29, 0.717) is 15.1 Å². The number of esters is 2. The van der Waals surface area contributed by atoms with E-state index in [1.165, 1.54) is 28.8 Å². The molecular formula is C31H34ClN2O8PS. The number of hydrogen-bond donors (Lipinski definition) is 1. The van der Waals surface area contributed by atoms with Crippen LogP contribution in [0.25, 0.3) is 10.1 Å². The van der Waals surface area contributed by atoms with Gasteiger partial charge in [0.25, 0.3) is 5.91 Å². The summed E-state index contributed by atoms with van der Waals surface area (Å²) >= 11 is 7.46. The summed E-state index contributed by atoms with van der Waals surface area (Å²) in [5, 5.41) is 11.9. The van der Waals surface area contributed by atoms with Gasteiger partial charge in [0.1, 0.15) is 6.07 Å². The Hall–Kier alpha value is -3.52. The largest absolute Gasteiger partial charge is 0.459 e. The second-order valence-electron chi connectivity index (χ2n) is 11.9. The SMILES string of the molecule is C=CN(C(=O)C(c1csc2ccc(Cl)cc12)P(=O)(O)OC(COC(=O)C(C)(C)C)OC(=O)C(C)(C)C)c1ccccc1C#N. The Kier molecular flexibility index (Phi) is 10.8. The highest BCUT2D eigenvalue weighted by molar-refractivity contribution is 7.54. The molecule has 0 aliphatic heterocycles. The Bertz CT molecular complexity index is 1670. The fourth-order valence-corrected chi connectivity index (χ4v) is 6.64. The average Bonchev–Trinajstić information content (AvgIpc) is 3.33. The molecule has 0 fully saturated rings. The van der Waals surface area contributed by atoms with E-state index in [1.807, 2.05) is 6.07 Å². The number of anilines is 1. The third-order valence-corrected chi connectivity index (χ3v) is 9.11. The van der Waals surface area contributed by atoms with Crippen molar-refractivity contribution >= 4 is 64.2 Å². The molecule has 1 amide bonds. The van der Waals surface area contributed by atoms with Crippen LogP contribution in [0.2, 0.25) is 5.02 Å². The van der Waals surface area contributed by atoms with E-state index in [4.69, 9.17) is 25.6 Å². The third kappa shape index (κ3) is 8.14. The number of ether oxygens (including phenoxy) is 2. The van der Waals surface area contributed by atoms with Crippen LogP contribution < -0.4 is 4.90 Å². The number of halogens is 1. The van der Waals surface area contributed by atoms with Crippen molar-refractivity contribution in [1.82, 2.24) is 0 Å². The number of carbonyl (C=O) groups is 3. The van der Waals surface area contributed by atoms with Gasteiger partial charge < -0.3 is 14.4 Å². The Morgan fingerprint density at radius 3 is 2.34 bits per heavy atom. The molecule has 3 atom stereocenters. The predicted octanol–water partition coefficient (Wildman–Crippen LogP) is 7.35. The summed E-state index contributed by atoms with van der Waals surface area (Å²) < 4.78 is 31.2. The second kappa shape index (κ2) is 13.6. The first-order valence-electron chi connectivity index (χ1n) is 13.4. The van der Waals surface area contributed by atoms with Gasteiger partial charge in [-0.2, -0.15) is 5.26 Å². The first-order valence-corrected chi connectivity index (χ1v) is 16.3. The van der Waals surface area contributed by atoms with E-state index in [-0.39, 0.29) is 16.8 Å². The maximum absolute atomic E-state index is 14.3. The quantitative estimate of drug-likeness (QED) is 0.134. The Morgan fingerprint density at radius 1 is 1.11 bits per heavy atom. The van der Waals surface area contributed by atoms with Crippen LogP contribution in [0.1, 0.15) is 58.3 Å². The molecule has 10 nitrogen and oxygen atoms in total. The van der Waals surface area contributed by atoms with Crippen LogP contribution >= 0.6 is 30.5 Å². The van der Waals surface area contributed by atoms with E-state index in [2.05, 4.69) is 6.58 Å². The van der Waals surface area contributed by atoms with Crippen LogP contribution in [0.4, 0.5) is 5.69 Å². The summed E-state index contributed by atoms with van der Waals surface area (Å²) in [7, 11) is -5.17. The summed E-state index contributed by atoms with van der Waals surface area (Å²) in [5.74, 6) is -2.44. The topological polar surface area (TPSA) is 143 Å². The minimum atomic E-state index is -5.17. The smallest absolute Gasteiger partial charge is 0.348 e. The molecular weight excluding hydrogens is 627 g/mol. The zero-order valence-electron chi connectivity index (χ0n) is 25.2. The highest BCUT2D eigenvalue weighted by Gasteiger charge is 2.46. The average molecular weight is 661 g/mol. The summed E-state index contributed by atoms with van der Waals surface area (Å²) in [4.78, 5) is 52.2. The fourth-order valence-electron chi connectivity index (χ4n) is 3.87. The van der Waals surface area contributed by atoms with E-state index in [0.717, 1.165) is 11.1 Å². The standard InChI is InChI=1S/C31H34ClN2O8PS/c1-8-34(23-12-10-9-11-19(23)16-33)27(35)26(22-18-44-24-14-13-20(32)15-21(22)24)43(38,39)42-25(41-29(37)31(5,6)7)17-40-28(36)30(2,3)4/h8-15,18,25-26H,1,17H2,2-7H3,(H,38,39). The summed E-state index contributed by atoms with van der Waals surface area (Å²) in [6.07, 6.45) is -0.730. The molecule has 13 heteroatoms. The van der Waals surface area contributed by atoms with Crippen molar-refractivity contribution in [2.75, 3.05) is 11.5 Å². The molecule has 0 aliphatic rings. The third-order valence-electron chi connectivity index (χ3n) is 6.21. The van der Waals surface area contributed by atoms with Crippen molar-refractivity contribution in [3.63, 3.8) is 0 Å². The fraction of sp³-hybridized carbons (Fsp3) is 0.355. The van der Waals surface area contributed by atoms with Crippen molar-refractivity contribution in [1.29, 1.82) is 5.26 Å². The van der Waals surface area contributed by atoms with Crippen LogP contribution in [0.15, 0.2) is 60.6 Å². The van der Waals surface area contributed by atoms with Crippen molar-refractivity contribution in [2.45, 2.75) is 53.5 Å². The van der Waals surface area contributed by atoms with Crippen LogP contribution in [0.5, 0.6) is 0 Å². The van der Waals surface area contributed by atoms with Gasteiger partial charge in [0, 0.05) is 15.9 Å². The number of hydrogen-bond acceptors (Lipinski definition) is 9. The molecule has 44 heavy (non-hydrogen) atoms. The predicted molar refractivity (Wildman–Crippen MR) is 169 cm³/mol. The van der Waals surface area contributed by atoms with E-state index < -0.39 is 54.8 Å². The van der Waals surface area contributed by atoms with Gasteiger partial charge in [-0.3, -0.25) is 28.4 Å². The second-order valence-corrected chi connectivity index (χ2v) is 15.1. The highest BCUT2D eigenvalue weighted by Crippen LogP contribution is 2.60. The summed E-state index contributed by atoms with van der Waals surface area (Å²) in [5.41, 5.74) is -3.56. The minimum Gasteiger partial charge on any atom is -0.459 e. The lowest BCUT2D eigenvalue weighted by atomic mass is 9.97. The normalized spacial score (nSPS) is 14.5. The molecule has 3 rings (SSSR count). The van der Waals surface area contributed by atoms with Gasteiger partial charge in [0.2, 0.25) is 6.29 Å². The zero-order chi connectivity index (χ0) is 33.0. The maximum Gasteiger partial charge on any atom is 0.348 e. The van der Waals surface area contributed by atoms with E-state index in [9.17, 15) is 29.1 Å². The van der Waals surface area contributed by atoms with E-state index in [1.54, 1.807) is 71.9 Å². The van der Waals surface area contributed by atoms with Crippen molar-refractivity contribution in [3.8, 4) is 6.07 Å². The van der Waals surface area contributed by atoms with Gasteiger partial charge in [0.05, 0.1) is 22.1 Å². The molecule has 2 aromatic carbocycles. The molecule has 0 aliphatic carbocycles. The molecule has 3 aromatic rings.